The zero-order valence-electron chi connectivity index (χ0n) is 12.8. The van der Waals surface area contributed by atoms with Crippen molar-refractivity contribution in [3.8, 4) is 5.75 Å². The Labute approximate surface area is 133 Å². The SMILES string of the molecule is COc1ccccc1NCC(=O)Nc1ccc([N+](=O)[O-])cc1C. The maximum absolute atomic E-state index is 12.0. The van der Waals surface area contributed by atoms with Gasteiger partial charge in [0.25, 0.3) is 5.69 Å². The summed E-state index contributed by atoms with van der Waals surface area (Å²) in [5.41, 5.74) is 1.88. The minimum absolute atomic E-state index is 0.00681. The van der Waals surface area contributed by atoms with Crippen LogP contribution >= 0.6 is 0 Å². The van der Waals surface area contributed by atoms with Crippen LogP contribution in [0.2, 0.25) is 0 Å². The molecule has 0 bridgehead atoms. The molecule has 120 valence electrons. The predicted molar refractivity (Wildman–Crippen MR) is 87.9 cm³/mol. The number of nitrogens with zero attached hydrogens (tertiary/aromatic N) is 1. The fourth-order valence-electron chi connectivity index (χ4n) is 2.06. The first-order valence-electron chi connectivity index (χ1n) is 6.93. The highest BCUT2D eigenvalue weighted by atomic mass is 16.6. The third-order valence-corrected chi connectivity index (χ3v) is 3.24. The van der Waals surface area contributed by atoms with Crippen LogP contribution in [0.15, 0.2) is 42.5 Å². The molecule has 0 saturated heterocycles. The average Bonchev–Trinajstić information content (AvgIpc) is 2.54. The van der Waals surface area contributed by atoms with Crippen LogP contribution in [-0.4, -0.2) is 24.5 Å². The number of hydrogen-bond donors (Lipinski definition) is 2. The van der Waals surface area contributed by atoms with E-state index in [4.69, 9.17) is 4.74 Å². The highest BCUT2D eigenvalue weighted by Crippen LogP contribution is 2.23. The second-order valence-corrected chi connectivity index (χ2v) is 4.86. The minimum atomic E-state index is -0.470. The fraction of sp³-hybridized carbons (Fsp3) is 0.188. The lowest BCUT2D eigenvalue weighted by atomic mass is 10.2. The van der Waals surface area contributed by atoms with E-state index < -0.39 is 4.92 Å². The first-order valence-corrected chi connectivity index (χ1v) is 6.93. The number of methoxy groups -OCH3 is 1. The minimum Gasteiger partial charge on any atom is -0.495 e. The summed E-state index contributed by atoms with van der Waals surface area (Å²) in [7, 11) is 1.56. The standard InChI is InChI=1S/C16H17N3O4/c1-11-9-12(19(21)22)7-8-13(11)18-16(20)10-17-14-5-3-4-6-15(14)23-2/h3-9,17H,10H2,1-2H3,(H,18,20). The van der Waals surface area contributed by atoms with Crippen LogP contribution in [0.3, 0.4) is 0 Å². The smallest absolute Gasteiger partial charge is 0.269 e. The average molecular weight is 315 g/mol. The number of carbonyl (C=O) groups is 1. The summed E-state index contributed by atoms with van der Waals surface area (Å²) < 4.78 is 5.19. The first kappa shape index (κ1) is 16.3. The van der Waals surface area contributed by atoms with Gasteiger partial charge in [-0.3, -0.25) is 14.9 Å². The Morgan fingerprint density at radius 1 is 1.22 bits per heavy atom. The molecule has 7 nitrogen and oxygen atoms in total. The number of aryl methyl sites for hydroxylation is 1. The Hall–Kier alpha value is -3.09. The monoisotopic (exact) mass is 315 g/mol. The molecule has 0 spiro atoms. The third kappa shape index (κ3) is 4.19. The molecular formula is C16H17N3O4. The first-order chi connectivity index (χ1) is 11.0. The van der Waals surface area contributed by atoms with Crippen molar-refractivity contribution in [1.29, 1.82) is 0 Å². The summed E-state index contributed by atoms with van der Waals surface area (Å²) in [6.45, 7) is 1.76. The van der Waals surface area contributed by atoms with Gasteiger partial charge in [0.2, 0.25) is 5.91 Å². The number of nitro groups is 1. The number of rotatable bonds is 6. The van der Waals surface area contributed by atoms with Crippen molar-refractivity contribution in [3.05, 3.63) is 58.1 Å². The molecule has 0 aliphatic heterocycles. The van der Waals surface area contributed by atoms with E-state index in [1.807, 2.05) is 18.2 Å². The highest BCUT2D eigenvalue weighted by molar-refractivity contribution is 5.94. The molecule has 0 heterocycles. The Bertz CT molecular complexity index is 731. The molecule has 0 aromatic heterocycles. The maximum atomic E-state index is 12.0. The lowest BCUT2D eigenvalue weighted by Crippen LogP contribution is -2.22. The second kappa shape index (κ2) is 7.26. The molecule has 0 unspecified atom stereocenters. The van der Waals surface area contributed by atoms with E-state index in [9.17, 15) is 14.9 Å². The molecular weight excluding hydrogens is 298 g/mol. The van der Waals surface area contributed by atoms with Gasteiger partial charge in [-0.1, -0.05) is 12.1 Å². The molecule has 23 heavy (non-hydrogen) atoms. The van der Waals surface area contributed by atoms with Gasteiger partial charge < -0.3 is 15.4 Å². The molecule has 0 atom stereocenters. The van der Waals surface area contributed by atoms with Crippen LogP contribution in [-0.2, 0) is 4.79 Å². The van der Waals surface area contributed by atoms with Crippen LogP contribution in [0.5, 0.6) is 5.75 Å². The number of hydrogen-bond acceptors (Lipinski definition) is 5. The van der Waals surface area contributed by atoms with Crippen LogP contribution < -0.4 is 15.4 Å². The van der Waals surface area contributed by atoms with Crippen molar-refractivity contribution >= 4 is 23.0 Å². The van der Waals surface area contributed by atoms with E-state index in [2.05, 4.69) is 10.6 Å². The number of para-hydroxylation sites is 2. The van der Waals surface area contributed by atoms with Gasteiger partial charge in [-0.25, -0.2) is 0 Å². The van der Waals surface area contributed by atoms with Crippen molar-refractivity contribution in [2.45, 2.75) is 6.92 Å². The zero-order valence-corrected chi connectivity index (χ0v) is 12.8. The number of amides is 1. The molecule has 0 radical (unpaired) electrons. The molecule has 2 N–H and O–H groups in total. The Morgan fingerprint density at radius 3 is 2.61 bits per heavy atom. The van der Waals surface area contributed by atoms with Crippen LogP contribution in [0.4, 0.5) is 17.1 Å². The van der Waals surface area contributed by atoms with Crippen molar-refractivity contribution in [2.75, 3.05) is 24.3 Å². The molecule has 1 amide bonds. The lowest BCUT2D eigenvalue weighted by molar-refractivity contribution is -0.384. The van der Waals surface area contributed by atoms with Gasteiger partial charge in [-0.15, -0.1) is 0 Å². The summed E-state index contributed by atoms with van der Waals surface area (Å²) >= 11 is 0. The van der Waals surface area contributed by atoms with Crippen molar-refractivity contribution in [3.63, 3.8) is 0 Å². The summed E-state index contributed by atoms with van der Waals surface area (Å²) in [6.07, 6.45) is 0. The third-order valence-electron chi connectivity index (χ3n) is 3.24. The number of benzene rings is 2. The van der Waals surface area contributed by atoms with Crippen molar-refractivity contribution in [2.24, 2.45) is 0 Å². The van der Waals surface area contributed by atoms with Gasteiger partial charge >= 0.3 is 0 Å². The van der Waals surface area contributed by atoms with Gasteiger partial charge in [0.05, 0.1) is 24.3 Å². The molecule has 7 heteroatoms. The van der Waals surface area contributed by atoms with E-state index in [1.165, 1.54) is 18.2 Å². The molecule has 2 aromatic rings. The van der Waals surface area contributed by atoms with Crippen molar-refractivity contribution in [1.82, 2.24) is 0 Å². The summed E-state index contributed by atoms with van der Waals surface area (Å²) in [4.78, 5) is 22.2. The number of carbonyl (C=O) groups excluding carboxylic acids is 1. The zero-order chi connectivity index (χ0) is 16.8. The number of nitro benzene ring substituents is 1. The van der Waals surface area contributed by atoms with E-state index >= 15 is 0 Å². The fourth-order valence-corrected chi connectivity index (χ4v) is 2.06. The summed E-state index contributed by atoms with van der Waals surface area (Å²) in [5.74, 6) is 0.389. The molecule has 0 aliphatic carbocycles. The van der Waals surface area contributed by atoms with Crippen molar-refractivity contribution < 1.29 is 14.5 Å². The molecule has 2 rings (SSSR count). The Morgan fingerprint density at radius 2 is 1.96 bits per heavy atom. The predicted octanol–water partition coefficient (Wildman–Crippen LogP) is 2.96. The topological polar surface area (TPSA) is 93.5 Å². The van der Waals surface area contributed by atoms with E-state index in [0.29, 0.717) is 22.7 Å². The van der Waals surface area contributed by atoms with Crippen LogP contribution in [0.25, 0.3) is 0 Å². The normalized spacial score (nSPS) is 10.0. The van der Waals surface area contributed by atoms with Crippen LogP contribution in [0, 0.1) is 17.0 Å². The molecule has 2 aromatic carbocycles. The Kier molecular flexibility index (Phi) is 5.14. The van der Waals surface area contributed by atoms with Gasteiger partial charge in [0.15, 0.2) is 0 Å². The summed E-state index contributed by atoms with van der Waals surface area (Å²) in [5, 5.41) is 16.4. The van der Waals surface area contributed by atoms with Gasteiger partial charge in [-0.05, 0) is 30.7 Å². The number of ether oxygens (including phenoxy) is 1. The second-order valence-electron chi connectivity index (χ2n) is 4.86. The van der Waals surface area contributed by atoms with Gasteiger partial charge in [0, 0.05) is 17.8 Å². The van der Waals surface area contributed by atoms with Gasteiger partial charge in [0.1, 0.15) is 5.75 Å². The number of anilines is 2. The molecule has 0 aliphatic rings. The van der Waals surface area contributed by atoms with Gasteiger partial charge in [-0.2, -0.15) is 0 Å². The summed E-state index contributed by atoms with van der Waals surface area (Å²) in [6, 6.07) is 11.6. The molecule has 0 saturated carbocycles. The quantitative estimate of drug-likeness (QED) is 0.631. The lowest BCUT2D eigenvalue weighted by Gasteiger charge is -2.12. The molecule has 0 fully saturated rings. The van der Waals surface area contributed by atoms with E-state index in [1.54, 1.807) is 20.1 Å². The van der Waals surface area contributed by atoms with Crippen LogP contribution in [0.1, 0.15) is 5.56 Å². The maximum Gasteiger partial charge on any atom is 0.269 e. The Balaban J connectivity index is 1.98. The van der Waals surface area contributed by atoms with E-state index in [0.717, 1.165) is 0 Å². The number of nitrogens with one attached hydrogen (secondary N) is 2. The highest BCUT2D eigenvalue weighted by Gasteiger charge is 2.10. The van der Waals surface area contributed by atoms with E-state index in [-0.39, 0.29) is 18.1 Å². The number of non-ortho nitro benzene ring substituents is 1. The largest absolute Gasteiger partial charge is 0.495 e.